The highest BCUT2D eigenvalue weighted by Gasteiger charge is 2.12. The number of carbonyl (C=O) groups excluding carboxylic acids is 2. The summed E-state index contributed by atoms with van der Waals surface area (Å²) in [6.07, 6.45) is 0. The van der Waals surface area contributed by atoms with Gasteiger partial charge in [0.15, 0.2) is 0 Å². The largest absolute Gasteiger partial charge is 0.363 e. The first kappa shape index (κ1) is 19.5. The molecule has 0 radical (unpaired) electrons. The van der Waals surface area contributed by atoms with Gasteiger partial charge in [-0.25, -0.2) is 0 Å². The third kappa shape index (κ3) is 5.34. The van der Waals surface area contributed by atoms with Gasteiger partial charge in [0.05, 0.1) is 13.1 Å². The summed E-state index contributed by atoms with van der Waals surface area (Å²) in [5, 5.41) is 5.59. The number of likely N-dealkylation sites (N-methyl/N-ethyl adjacent to an activating group) is 1. The zero-order valence-corrected chi connectivity index (χ0v) is 15.9. The van der Waals surface area contributed by atoms with E-state index < -0.39 is 0 Å². The van der Waals surface area contributed by atoms with Crippen molar-refractivity contribution in [3.8, 4) is 0 Å². The number of anilines is 2. The molecule has 2 aromatic rings. The maximum Gasteiger partial charge on any atom is 0.243 e. The van der Waals surface area contributed by atoms with Crippen LogP contribution in [-0.2, 0) is 9.59 Å². The standard InChI is InChI=1S/C21H27N3O2/c1-5-24(18-9-7-6-8-10-18)14-20(26)22-13-19(25)23-21-16(3)11-15(2)12-17(21)4/h6-12H,5,13-14H2,1-4H3,(H,22,26)(H,23,25). The molecule has 5 nitrogen and oxygen atoms in total. The highest BCUT2D eigenvalue weighted by atomic mass is 16.2. The summed E-state index contributed by atoms with van der Waals surface area (Å²) in [6.45, 7) is 8.84. The number of hydrogen-bond donors (Lipinski definition) is 2. The van der Waals surface area contributed by atoms with Gasteiger partial charge in [0.1, 0.15) is 0 Å². The molecule has 0 atom stereocenters. The third-order valence-corrected chi connectivity index (χ3v) is 4.23. The van der Waals surface area contributed by atoms with Crippen molar-refractivity contribution in [1.82, 2.24) is 5.32 Å². The van der Waals surface area contributed by atoms with Crippen LogP contribution in [0.15, 0.2) is 42.5 Å². The third-order valence-electron chi connectivity index (χ3n) is 4.23. The number of nitrogens with one attached hydrogen (secondary N) is 2. The molecule has 26 heavy (non-hydrogen) atoms. The molecule has 2 amide bonds. The monoisotopic (exact) mass is 353 g/mol. The number of hydrogen-bond acceptors (Lipinski definition) is 3. The fraction of sp³-hybridized carbons (Fsp3) is 0.333. The second-order valence-electron chi connectivity index (χ2n) is 6.45. The quantitative estimate of drug-likeness (QED) is 0.804. The molecule has 138 valence electrons. The van der Waals surface area contributed by atoms with Crippen molar-refractivity contribution in [3.05, 3.63) is 59.2 Å². The van der Waals surface area contributed by atoms with Crippen LogP contribution in [0.1, 0.15) is 23.6 Å². The second-order valence-corrected chi connectivity index (χ2v) is 6.45. The van der Waals surface area contributed by atoms with Crippen LogP contribution in [-0.4, -0.2) is 31.4 Å². The second kappa shape index (κ2) is 9.04. The highest BCUT2D eigenvalue weighted by Crippen LogP contribution is 2.21. The van der Waals surface area contributed by atoms with Crippen LogP contribution in [0.2, 0.25) is 0 Å². The lowest BCUT2D eigenvalue weighted by Gasteiger charge is -2.22. The molecule has 2 aromatic carbocycles. The zero-order chi connectivity index (χ0) is 19.1. The number of carbonyl (C=O) groups is 2. The number of rotatable bonds is 7. The van der Waals surface area contributed by atoms with Gasteiger partial charge in [-0.2, -0.15) is 0 Å². The minimum Gasteiger partial charge on any atom is -0.363 e. The fourth-order valence-electron chi connectivity index (χ4n) is 2.99. The van der Waals surface area contributed by atoms with Crippen LogP contribution in [0.5, 0.6) is 0 Å². The molecule has 0 saturated carbocycles. The summed E-state index contributed by atoms with van der Waals surface area (Å²) in [5.41, 5.74) is 4.99. The average Bonchev–Trinajstić information content (AvgIpc) is 2.61. The molecule has 0 heterocycles. The maximum atomic E-state index is 12.2. The Labute approximate surface area is 155 Å². The first-order valence-corrected chi connectivity index (χ1v) is 8.85. The van der Waals surface area contributed by atoms with E-state index in [9.17, 15) is 9.59 Å². The van der Waals surface area contributed by atoms with E-state index in [2.05, 4.69) is 10.6 Å². The summed E-state index contributed by atoms with van der Waals surface area (Å²) < 4.78 is 0. The summed E-state index contributed by atoms with van der Waals surface area (Å²) >= 11 is 0. The molecular weight excluding hydrogens is 326 g/mol. The molecule has 0 unspecified atom stereocenters. The molecule has 0 aliphatic heterocycles. The van der Waals surface area contributed by atoms with Crippen molar-refractivity contribution >= 4 is 23.2 Å². The minimum atomic E-state index is -0.226. The first-order valence-electron chi connectivity index (χ1n) is 8.85. The lowest BCUT2D eigenvalue weighted by Crippen LogP contribution is -2.40. The topological polar surface area (TPSA) is 61.4 Å². The average molecular weight is 353 g/mol. The normalized spacial score (nSPS) is 10.3. The molecule has 0 fully saturated rings. The van der Waals surface area contributed by atoms with E-state index in [-0.39, 0.29) is 24.9 Å². The van der Waals surface area contributed by atoms with Crippen LogP contribution in [0.25, 0.3) is 0 Å². The van der Waals surface area contributed by atoms with Gasteiger partial charge in [-0.3, -0.25) is 9.59 Å². The Morgan fingerprint density at radius 2 is 1.58 bits per heavy atom. The molecule has 0 aromatic heterocycles. The fourth-order valence-corrected chi connectivity index (χ4v) is 2.99. The van der Waals surface area contributed by atoms with Gasteiger partial charge >= 0.3 is 0 Å². The van der Waals surface area contributed by atoms with Gasteiger partial charge in [-0.05, 0) is 51.0 Å². The Morgan fingerprint density at radius 1 is 0.962 bits per heavy atom. The van der Waals surface area contributed by atoms with Gasteiger partial charge in [0, 0.05) is 17.9 Å². The van der Waals surface area contributed by atoms with E-state index in [0.29, 0.717) is 6.54 Å². The van der Waals surface area contributed by atoms with Crippen molar-refractivity contribution in [2.45, 2.75) is 27.7 Å². The Morgan fingerprint density at radius 3 is 2.15 bits per heavy atom. The molecule has 5 heteroatoms. The predicted octanol–water partition coefficient (Wildman–Crippen LogP) is 3.19. The van der Waals surface area contributed by atoms with E-state index in [1.807, 2.05) is 75.1 Å². The van der Waals surface area contributed by atoms with Crippen molar-refractivity contribution in [2.75, 3.05) is 29.9 Å². The van der Waals surface area contributed by atoms with E-state index >= 15 is 0 Å². The number of para-hydroxylation sites is 1. The van der Waals surface area contributed by atoms with Gasteiger partial charge in [-0.1, -0.05) is 35.9 Å². The van der Waals surface area contributed by atoms with Gasteiger partial charge in [0.2, 0.25) is 11.8 Å². The Balaban J connectivity index is 1.88. The number of benzene rings is 2. The van der Waals surface area contributed by atoms with Gasteiger partial charge < -0.3 is 15.5 Å². The molecular formula is C21H27N3O2. The maximum absolute atomic E-state index is 12.2. The smallest absolute Gasteiger partial charge is 0.243 e. The molecule has 0 bridgehead atoms. The molecule has 0 spiro atoms. The molecule has 0 aliphatic carbocycles. The van der Waals surface area contributed by atoms with Gasteiger partial charge in [0.25, 0.3) is 0 Å². The summed E-state index contributed by atoms with van der Waals surface area (Å²) in [5.74, 6) is -0.403. The predicted molar refractivity (Wildman–Crippen MR) is 107 cm³/mol. The Hall–Kier alpha value is -2.82. The van der Waals surface area contributed by atoms with Crippen molar-refractivity contribution in [2.24, 2.45) is 0 Å². The van der Waals surface area contributed by atoms with Crippen molar-refractivity contribution in [1.29, 1.82) is 0 Å². The Kier molecular flexibility index (Phi) is 6.78. The first-order chi connectivity index (χ1) is 12.4. The van der Waals surface area contributed by atoms with Crippen LogP contribution >= 0.6 is 0 Å². The molecule has 0 saturated heterocycles. The van der Waals surface area contributed by atoms with Crippen LogP contribution < -0.4 is 15.5 Å². The molecule has 0 aliphatic rings. The zero-order valence-electron chi connectivity index (χ0n) is 15.9. The van der Waals surface area contributed by atoms with Gasteiger partial charge in [-0.15, -0.1) is 0 Å². The Bertz CT molecular complexity index is 749. The summed E-state index contributed by atoms with van der Waals surface area (Å²) in [4.78, 5) is 26.3. The molecule has 2 rings (SSSR count). The minimum absolute atomic E-state index is 0.0437. The van der Waals surface area contributed by atoms with Crippen molar-refractivity contribution in [3.63, 3.8) is 0 Å². The van der Waals surface area contributed by atoms with E-state index in [1.54, 1.807) is 0 Å². The lowest BCUT2D eigenvalue weighted by atomic mass is 10.1. The highest BCUT2D eigenvalue weighted by molar-refractivity contribution is 5.96. The lowest BCUT2D eigenvalue weighted by molar-refractivity contribution is -0.123. The number of aryl methyl sites for hydroxylation is 3. The summed E-state index contributed by atoms with van der Waals surface area (Å²) in [6, 6.07) is 13.8. The van der Waals surface area contributed by atoms with Crippen LogP contribution in [0.4, 0.5) is 11.4 Å². The molecule has 2 N–H and O–H groups in total. The van der Waals surface area contributed by atoms with Crippen molar-refractivity contribution < 1.29 is 9.59 Å². The van der Waals surface area contributed by atoms with E-state index in [0.717, 1.165) is 28.1 Å². The van der Waals surface area contributed by atoms with Crippen LogP contribution in [0.3, 0.4) is 0 Å². The van der Waals surface area contributed by atoms with E-state index in [4.69, 9.17) is 0 Å². The van der Waals surface area contributed by atoms with Crippen LogP contribution in [0, 0.1) is 20.8 Å². The van der Waals surface area contributed by atoms with E-state index in [1.165, 1.54) is 0 Å². The number of nitrogens with zero attached hydrogens (tertiary/aromatic N) is 1. The SMILES string of the molecule is CCN(CC(=O)NCC(=O)Nc1c(C)cc(C)cc1C)c1ccccc1. The summed E-state index contributed by atoms with van der Waals surface area (Å²) in [7, 11) is 0. The number of amides is 2.